The van der Waals surface area contributed by atoms with Crippen LogP contribution in [0.1, 0.15) is 11.5 Å². The molecule has 0 radical (unpaired) electrons. The number of nitrogen functional groups attached to an aromatic ring is 1. The van der Waals surface area contributed by atoms with Crippen LogP contribution in [0.4, 0.5) is 5.69 Å². The number of rotatable bonds is 0. The molecule has 3 heteroatoms. The van der Waals surface area contributed by atoms with E-state index in [-0.39, 0.29) is 0 Å². The molecule has 0 aliphatic rings. The summed E-state index contributed by atoms with van der Waals surface area (Å²) in [4.78, 5) is 4.23. The molecule has 0 spiro atoms. The Balaban J connectivity index is 2.93. The molecule has 3 nitrogen and oxygen atoms in total. The summed E-state index contributed by atoms with van der Waals surface area (Å²) in [6.07, 6.45) is 0. The van der Waals surface area contributed by atoms with E-state index in [9.17, 15) is 0 Å². The van der Waals surface area contributed by atoms with Gasteiger partial charge in [-0.05, 0) is 18.6 Å². The van der Waals surface area contributed by atoms with Crippen molar-refractivity contribution < 1.29 is 4.42 Å². The Morgan fingerprint density at radius 3 is 2.75 bits per heavy atom. The Hall–Kier alpha value is -1.51. The summed E-state index contributed by atoms with van der Waals surface area (Å²) in [6, 6.07) is 3.78. The quantitative estimate of drug-likeness (QED) is 0.603. The lowest BCUT2D eigenvalue weighted by Crippen LogP contribution is -1.86. The van der Waals surface area contributed by atoms with E-state index < -0.39 is 0 Å². The van der Waals surface area contributed by atoms with Crippen molar-refractivity contribution in [1.82, 2.24) is 4.98 Å². The van der Waals surface area contributed by atoms with Gasteiger partial charge in [-0.15, -0.1) is 0 Å². The number of aromatic nitrogens is 1. The zero-order valence-electron chi connectivity index (χ0n) is 7.09. The Bertz CT molecular complexity index is 392. The van der Waals surface area contributed by atoms with Crippen LogP contribution in [0.3, 0.4) is 0 Å². The van der Waals surface area contributed by atoms with Crippen molar-refractivity contribution in [2.24, 2.45) is 0 Å². The molecule has 2 rings (SSSR count). The molecule has 0 aliphatic carbocycles. The third-order valence-electron chi connectivity index (χ3n) is 1.88. The van der Waals surface area contributed by atoms with Crippen molar-refractivity contribution in [3.8, 4) is 0 Å². The summed E-state index contributed by atoms with van der Waals surface area (Å²) in [5, 5.41) is 0. The molecule has 0 fully saturated rings. The van der Waals surface area contributed by atoms with E-state index in [1.165, 1.54) is 0 Å². The zero-order chi connectivity index (χ0) is 8.72. The van der Waals surface area contributed by atoms with Gasteiger partial charge in [0, 0.05) is 6.92 Å². The monoisotopic (exact) mass is 162 g/mol. The third-order valence-corrected chi connectivity index (χ3v) is 1.88. The number of anilines is 1. The molecular weight excluding hydrogens is 152 g/mol. The molecule has 12 heavy (non-hydrogen) atoms. The SMILES string of the molecule is Cc1nc2c(C)ccc(N)c2o1. The Morgan fingerprint density at radius 2 is 2.08 bits per heavy atom. The van der Waals surface area contributed by atoms with Gasteiger partial charge in [0.25, 0.3) is 0 Å². The summed E-state index contributed by atoms with van der Waals surface area (Å²) in [6.45, 7) is 3.81. The van der Waals surface area contributed by atoms with Crippen molar-refractivity contribution in [2.75, 3.05) is 5.73 Å². The largest absolute Gasteiger partial charge is 0.439 e. The van der Waals surface area contributed by atoms with E-state index in [2.05, 4.69) is 4.98 Å². The van der Waals surface area contributed by atoms with E-state index in [0.717, 1.165) is 11.1 Å². The Morgan fingerprint density at radius 1 is 1.33 bits per heavy atom. The number of hydrogen-bond acceptors (Lipinski definition) is 3. The molecular formula is C9H10N2O. The molecule has 1 aromatic carbocycles. The second kappa shape index (κ2) is 2.24. The molecule has 0 saturated carbocycles. The second-order valence-corrected chi connectivity index (χ2v) is 2.88. The molecule has 0 unspecified atom stereocenters. The first kappa shape index (κ1) is 7.16. The topological polar surface area (TPSA) is 52.0 Å². The van der Waals surface area contributed by atoms with E-state index in [1.807, 2.05) is 26.0 Å². The van der Waals surface area contributed by atoms with Crippen molar-refractivity contribution in [3.63, 3.8) is 0 Å². The van der Waals surface area contributed by atoms with Crippen LogP contribution in [0.15, 0.2) is 16.5 Å². The van der Waals surface area contributed by atoms with Crippen molar-refractivity contribution >= 4 is 16.8 Å². The fourth-order valence-electron chi connectivity index (χ4n) is 1.26. The summed E-state index contributed by atoms with van der Waals surface area (Å²) in [7, 11) is 0. The molecule has 2 aromatic rings. The number of oxazole rings is 1. The predicted molar refractivity (Wildman–Crippen MR) is 47.9 cm³/mol. The lowest BCUT2D eigenvalue weighted by molar-refractivity contribution is 0.562. The Kier molecular flexibility index (Phi) is 1.33. The molecule has 0 saturated heterocycles. The molecule has 2 N–H and O–H groups in total. The minimum atomic E-state index is 0.649. The maximum absolute atomic E-state index is 5.70. The third kappa shape index (κ3) is 0.863. The van der Waals surface area contributed by atoms with E-state index in [4.69, 9.17) is 10.2 Å². The molecule has 0 atom stereocenters. The highest BCUT2D eigenvalue weighted by atomic mass is 16.3. The molecule has 1 aromatic heterocycles. The number of hydrogen-bond donors (Lipinski definition) is 1. The van der Waals surface area contributed by atoms with Crippen LogP contribution in [0.25, 0.3) is 11.1 Å². The molecule has 62 valence electrons. The first-order valence-electron chi connectivity index (χ1n) is 3.80. The smallest absolute Gasteiger partial charge is 0.192 e. The van der Waals surface area contributed by atoms with Crippen LogP contribution in [0, 0.1) is 13.8 Å². The van der Waals surface area contributed by atoms with E-state index in [0.29, 0.717) is 17.2 Å². The molecule has 0 amide bonds. The van der Waals surface area contributed by atoms with Crippen LogP contribution in [0.5, 0.6) is 0 Å². The Labute approximate surface area is 70.2 Å². The molecule has 0 bridgehead atoms. The van der Waals surface area contributed by atoms with Gasteiger partial charge in [-0.25, -0.2) is 4.98 Å². The van der Waals surface area contributed by atoms with Gasteiger partial charge in [0.15, 0.2) is 11.5 Å². The number of benzene rings is 1. The van der Waals surface area contributed by atoms with Gasteiger partial charge in [0.2, 0.25) is 0 Å². The minimum Gasteiger partial charge on any atom is -0.439 e. The lowest BCUT2D eigenvalue weighted by atomic mass is 10.2. The first-order valence-corrected chi connectivity index (χ1v) is 3.80. The maximum atomic E-state index is 5.70. The number of aryl methyl sites for hydroxylation is 2. The van der Waals surface area contributed by atoms with Gasteiger partial charge in [-0.3, -0.25) is 0 Å². The van der Waals surface area contributed by atoms with E-state index >= 15 is 0 Å². The van der Waals surface area contributed by atoms with Crippen molar-refractivity contribution in [2.45, 2.75) is 13.8 Å². The summed E-state index contributed by atoms with van der Waals surface area (Å²) < 4.78 is 5.34. The summed E-state index contributed by atoms with van der Waals surface area (Å²) >= 11 is 0. The average Bonchev–Trinajstić information content (AvgIpc) is 2.41. The number of nitrogens with zero attached hydrogens (tertiary/aromatic N) is 1. The zero-order valence-corrected chi connectivity index (χ0v) is 7.09. The van der Waals surface area contributed by atoms with Gasteiger partial charge in [0.1, 0.15) is 5.52 Å². The van der Waals surface area contributed by atoms with Crippen LogP contribution < -0.4 is 5.73 Å². The van der Waals surface area contributed by atoms with Crippen molar-refractivity contribution in [1.29, 1.82) is 0 Å². The standard InChI is InChI=1S/C9H10N2O/c1-5-3-4-7(10)9-8(5)11-6(2)12-9/h3-4H,10H2,1-2H3. The van der Waals surface area contributed by atoms with Crippen LogP contribution in [-0.4, -0.2) is 4.98 Å². The first-order chi connectivity index (χ1) is 5.68. The van der Waals surface area contributed by atoms with Crippen molar-refractivity contribution in [3.05, 3.63) is 23.6 Å². The van der Waals surface area contributed by atoms with Gasteiger partial charge in [-0.2, -0.15) is 0 Å². The lowest BCUT2D eigenvalue weighted by Gasteiger charge is -1.95. The van der Waals surface area contributed by atoms with E-state index in [1.54, 1.807) is 0 Å². The van der Waals surface area contributed by atoms with Gasteiger partial charge in [-0.1, -0.05) is 6.07 Å². The fourth-order valence-corrected chi connectivity index (χ4v) is 1.26. The fraction of sp³-hybridized carbons (Fsp3) is 0.222. The molecule has 0 aliphatic heterocycles. The predicted octanol–water partition coefficient (Wildman–Crippen LogP) is 2.03. The normalized spacial score (nSPS) is 10.8. The minimum absolute atomic E-state index is 0.649. The summed E-state index contributed by atoms with van der Waals surface area (Å²) in [5.74, 6) is 0.658. The average molecular weight is 162 g/mol. The maximum Gasteiger partial charge on any atom is 0.192 e. The van der Waals surface area contributed by atoms with Crippen LogP contribution in [-0.2, 0) is 0 Å². The van der Waals surface area contributed by atoms with Crippen LogP contribution in [0.2, 0.25) is 0 Å². The highest BCUT2D eigenvalue weighted by Gasteiger charge is 2.07. The van der Waals surface area contributed by atoms with Gasteiger partial charge in [0.05, 0.1) is 5.69 Å². The highest BCUT2D eigenvalue weighted by molar-refractivity contribution is 5.87. The van der Waals surface area contributed by atoms with Gasteiger partial charge >= 0.3 is 0 Å². The second-order valence-electron chi connectivity index (χ2n) is 2.88. The van der Waals surface area contributed by atoms with Crippen LogP contribution >= 0.6 is 0 Å². The number of nitrogens with two attached hydrogens (primary N) is 1. The molecule has 1 heterocycles. The number of fused-ring (bicyclic) bond motifs is 1. The highest BCUT2D eigenvalue weighted by Crippen LogP contribution is 2.24. The summed E-state index contributed by atoms with van der Waals surface area (Å²) in [5.41, 5.74) is 9.02. The van der Waals surface area contributed by atoms with Gasteiger partial charge < -0.3 is 10.2 Å².